The van der Waals surface area contributed by atoms with Crippen LogP contribution in [0, 0.1) is 0 Å². The lowest BCUT2D eigenvalue weighted by Gasteiger charge is -2.12. The van der Waals surface area contributed by atoms with E-state index in [0.29, 0.717) is 11.9 Å². The molecule has 0 radical (unpaired) electrons. The van der Waals surface area contributed by atoms with Crippen molar-refractivity contribution in [2.75, 3.05) is 14.2 Å². The van der Waals surface area contributed by atoms with E-state index in [2.05, 4.69) is 9.97 Å². The Labute approximate surface area is 128 Å². The molecule has 0 aliphatic rings. The molecule has 0 fully saturated rings. The smallest absolute Gasteiger partial charge is 0.451 e. The number of hydrogen-bond donors (Lipinski definition) is 1. The summed E-state index contributed by atoms with van der Waals surface area (Å²) < 4.78 is 48.4. The van der Waals surface area contributed by atoms with Gasteiger partial charge < -0.3 is 14.6 Å². The van der Waals surface area contributed by atoms with Gasteiger partial charge in [0.15, 0.2) is 11.5 Å². The lowest BCUT2D eigenvalue weighted by atomic mass is 10.1. The number of nitrogens with zero attached hydrogens (tertiary/aromatic N) is 2. The number of halogens is 3. The standard InChI is InChI=1S/C14H11F3N2O4/c1-22-9-4-3-7(5-10(9)23-2)11-8(12(20)21)6-18-13(19-11)14(15,16)17/h3-6H,1-2H3,(H,20,21). The highest BCUT2D eigenvalue weighted by Gasteiger charge is 2.35. The van der Waals surface area contributed by atoms with E-state index in [-0.39, 0.29) is 17.0 Å². The fourth-order valence-electron chi connectivity index (χ4n) is 1.88. The maximum absolute atomic E-state index is 12.8. The number of rotatable bonds is 4. The summed E-state index contributed by atoms with van der Waals surface area (Å²) in [4.78, 5) is 17.6. The average Bonchev–Trinajstić information content (AvgIpc) is 2.52. The molecule has 0 atom stereocenters. The van der Waals surface area contributed by atoms with E-state index in [4.69, 9.17) is 14.6 Å². The number of carboxylic acids is 1. The molecular weight excluding hydrogens is 317 g/mol. The summed E-state index contributed by atoms with van der Waals surface area (Å²) in [5, 5.41) is 9.13. The molecule has 2 aromatic rings. The SMILES string of the molecule is COc1ccc(-c2nc(C(F)(F)F)ncc2C(=O)O)cc1OC. The first-order valence-corrected chi connectivity index (χ1v) is 6.18. The van der Waals surface area contributed by atoms with Crippen LogP contribution in [0.3, 0.4) is 0 Å². The average molecular weight is 328 g/mol. The molecule has 0 bridgehead atoms. The number of carbonyl (C=O) groups is 1. The molecule has 0 aliphatic heterocycles. The van der Waals surface area contributed by atoms with Crippen molar-refractivity contribution in [1.82, 2.24) is 9.97 Å². The topological polar surface area (TPSA) is 81.5 Å². The van der Waals surface area contributed by atoms with Crippen LogP contribution >= 0.6 is 0 Å². The molecule has 1 N–H and O–H groups in total. The van der Waals surface area contributed by atoms with E-state index in [1.54, 1.807) is 0 Å². The number of alkyl halides is 3. The van der Waals surface area contributed by atoms with Gasteiger partial charge in [-0.25, -0.2) is 14.8 Å². The second-order valence-electron chi connectivity index (χ2n) is 4.33. The molecule has 0 unspecified atom stereocenters. The highest BCUT2D eigenvalue weighted by molar-refractivity contribution is 5.94. The second kappa shape index (κ2) is 6.11. The summed E-state index contributed by atoms with van der Waals surface area (Å²) in [5.74, 6) is -2.29. The second-order valence-corrected chi connectivity index (χ2v) is 4.33. The monoisotopic (exact) mass is 328 g/mol. The van der Waals surface area contributed by atoms with Gasteiger partial charge in [0.25, 0.3) is 0 Å². The number of aromatic nitrogens is 2. The first-order valence-electron chi connectivity index (χ1n) is 6.18. The van der Waals surface area contributed by atoms with Gasteiger partial charge in [0.05, 0.1) is 19.9 Å². The van der Waals surface area contributed by atoms with Crippen LogP contribution in [0.1, 0.15) is 16.2 Å². The molecule has 6 nitrogen and oxygen atoms in total. The molecule has 0 aliphatic carbocycles. The first kappa shape index (κ1) is 16.5. The lowest BCUT2D eigenvalue weighted by molar-refractivity contribution is -0.144. The van der Waals surface area contributed by atoms with Crippen LogP contribution < -0.4 is 9.47 Å². The lowest BCUT2D eigenvalue weighted by Crippen LogP contribution is -2.14. The molecule has 0 spiro atoms. The van der Waals surface area contributed by atoms with Crippen molar-refractivity contribution in [3.05, 3.63) is 35.8 Å². The van der Waals surface area contributed by atoms with E-state index in [1.165, 1.54) is 32.4 Å². The molecule has 9 heteroatoms. The van der Waals surface area contributed by atoms with Crippen LogP contribution in [-0.2, 0) is 6.18 Å². The Bertz CT molecular complexity index is 747. The van der Waals surface area contributed by atoms with Gasteiger partial charge in [-0.15, -0.1) is 0 Å². The Morgan fingerprint density at radius 3 is 2.35 bits per heavy atom. The summed E-state index contributed by atoms with van der Waals surface area (Å²) in [5.41, 5.74) is -0.682. The van der Waals surface area contributed by atoms with E-state index in [0.717, 1.165) is 0 Å². The number of hydrogen-bond acceptors (Lipinski definition) is 5. The molecule has 122 valence electrons. The number of aromatic carboxylic acids is 1. The zero-order valence-corrected chi connectivity index (χ0v) is 12.0. The Morgan fingerprint density at radius 1 is 1.17 bits per heavy atom. The molecule has 1 aromatic carbocycles. The zero-order chi connectivity index (χ0) is 17.2. The van der Waals surface area contributed by atoms with E-state index in [9.17, 15) is 18.0 Å². The molecule has 23 heavy (non-hydrogen) atoms. The molecule has 0 saturated carbocycles. The quantitative estimate of drug-likeness (QED) is 0.929. The van der Waals surface area contributed by atoms with Crippen LogP contribution in [0.2, 0.25) is 0 Å². The predicted molar refractivity (Wildman–Crippen MR) is 72.5 cm³/mol. The van der Waals surface area contributed by atoms with Gasteiger partial charge in [0.2, 0.25) is 5.82 Å². The highest BCUT2D eigenvalue weighted by atomic mass is 19.4. The van der Waals surface area contributed by atoms with Crippen LogP contribution in [-0.4, -0.2) is 35.3 Å². The molecular formula is C14H11F3N2O4. The third kappa shape index (κ3) is 3.33. The van der Waals surface area contributed by atoms with Crippen molar-refractivity contribution in [2.45, 2.75) is 6.18 Å². The van der Waals surface area contributed by atoms with Crippen LogP contribution in [0.15, 0.2) is 24.4 Å². The molecule has 2 rings (SSSR count). The minimum Gasteiger partial charge on any atom is -0.493 e. The van der Waals surface area contributed by atoms with Gasteiger partial charge in [0, 0.05) is 11.8 Å². The van der Waals surface area contributed by atoms with Crippen LogP contribution in [0.4, 0.5) is 13.2 Å². The highest BCUT2D eigenvalue weighted by Crippen LogP contribution is 2.34. The Kier molecular flexibility index (Phi) is 4.39. The first-order chi connectivity index (χ1) is 10.8. The van der Waals surface area contributed by atoms with E-state index < -0.39 is 23.5 Å². The summed E-state index contributed by atoms with van der Waals surface area (Å²) in [6.45, 7) is 0. The van der Waals surface area contributed by atoms with Gasteiger partial charge in [-0.3, -0.25) is 0 Å². The van der Waals surface area contributed by atoms with Crippen molar-refractivity contribution in [2.24, 2.45) is 0 Å². The van der Waals surface area contributed by atoms with Crippen LogP contribution in [0.5, 0.6) is 11.5 Å². The van der Waals surface area contributed by atoms with E-state index in [1.807, 2.05) is 0 Å². The third-order valence-electron chi connectivity index (χ3n) is 2.93. The largest absolute Gasteiger partial charge is 0.493 e. The Hall–Kier alpha value is -2.84. The van der Waals surface area contributed by atoms with Crippen molar-refractivity contribution in [3.8, 4) is 22.8 Å². The fourth-order valence-corrected chi connectivity index (χ4v) is 1.88. The summed E-state index contributed by atoms with van der Waals surface area (Å²) >= 11 is 0. The number of methoxy groups -OCH3 is 2. The van der Waals surface area contributed by atoms with Crippen molar-refractivity contribution in [3.63, 3.8) is 0 Å². The zero-order valence-electron chi connectivity index (χ0n) is 12.0. The fraction of sp³-hybridized carbons (Fsp3) is 0.214. The normalized spacial score (nSPS) is 11.2. The van der Waals surface area contributed by atoms with Gasteiger partial charge in [0.1, 0.15) is 5.56 Å². The number of carboxylic acid groups (broad SMARTS) is 1. The molecule has 1 heterocycles. The summed E-state index contributed by atoms with van der Waals surface area (Å²) in [7, 11) is 2.74. The minimum atomic E-state index is -4.79. The van der Waals surface area contributed by atoms with Crippen LogP contribution in [0.25, 0.3) is 11.3 Å². The van der Waals surface area contributed by atoms with Crippen molar-refractivity contribution < 1.29 is 32.5 Å². The van der Waals surface area contributed by atoms with Gasteiger partial charge in [-0.05, 0) is 18.2 Å². The maximum atomic E-state index is 12.8. The van der Waals surface area contributed by atoms with Crippen molar-refractivity contribution in [1.29, 1.82) is 0 Å². The van der Waals surface area contributed by atoms with Gasteiger partial charge in [-0.1, -0.05) is 0 Å². The minimum absolute atomic E-state index is 0.132. The number of benzene rings is 1. The molecule has 0 amide bonds. The summed E-state index contributed by atoms with van der Waals surface area (Å²) in [6, 6.07) is 4.17. The van der Waals surface area contributed by atoms with Crippen molar-refractivity contribution >= 4 is 5.97 Å². The Morgan fingerprint density at radius 2 is 1.83 bits per heavy atom. The Balaban J connectivity index is 2.67. The van der Waals surface area contributed by atoms with Gasteiger partial charge in [-0.2, -0.15) is 13.2 Å². The summed E-state index contributed by atoms with van der Waals surface area (Å²) in [6.07, 6.45) is -4.16. The molecule has 0 saturated heterocycles. The van der Waals surface area contributed by atoms with Gasteiger partial charge >= 0.3 is 12.1 Å². The molecule has 1 aromatic heterocycles. The maximum Gasteiger partial charge on any atom is 0.451 e. The third-order valence-corrected chi connectivity index (χ3v) is 2.93. The van der Waals surface area contributed by atoms with E-state index >= 15 is 0 Å². The number of ether oxygens (including phenoxy) is 2. The predicted octanol–water partition coefficient (Wildman–Crippen LogP) is 2.88.